The van der Waals surface area contributed by atoms with Crippen molar-refractivity contribution in [3.8, 4) is 0 Å². The number of nitrogens with one attached hydrogen (secondary N) is 2. The lowest BCUT2D eigenvalue weighted by Crippen LogP contribution is -2.26. The van der Waals surface area contributed by atoms with Gasteiger partial charge in [0, 0.05) is 0 Å². The third kappa shape index (κ3) is 4.48. The van der Waals surface area contributed by atoms with Crippen LogP contribution in [0.15, 0.2) is 131 Å². The van der Waals surface area contributed by atoms with E-state index in [1.54, 1.807) is 0 Å². The van der Waals surface area contributed by atoms with E-state index in [-0.39, 0.29) is 12.1 Å². The molecule has 0 fully saturated rings. The van der Waals surface area contributed by atoms with Crippen LogP contribution in [0.4, 0.5) is 22.7 Å². The van der Waals surface area contributed by atoms with Gasteiger partial charge in [0.15, 0.2) is 0 Å². The third-order valence-corrected chi connectivity index (χ3v) is 7.67. The molecular formula is C36H30N4. The number of benzene rings is 5. The van der Waals surface area contributed by atoms with Crippen LogP contribution in [0.2, 0.25) is 0 Å². The summed E-state index contributed by atoms with van der Waals surface area (Å²) in [6.07, 6.45) is 0. The lowest BCUT2D eigenvalue weighted by atomic mass is 9.91. The fourth-order valence-electron chi connectivity index (χ4n) is 5.61. The largest absolute Gasteiger partial charge is 0.371 e. The fourth-order valence-corrected chi connectivity index (χ4v) is 5.61. The first-order valence-corrected chi connectivity index (χ1v) is 13.7. The highest BCUT2D eigenvalue weighted by molar-refractivity contribution is 6.12. The van der Waals surface area contributed by atoms with E-state index in [0.29, 0.717) is 0 Å². The lowest BCUT2D eigenvalue weighted by molar-refractivity contribution is 1.01. The normalized spacial score (nSPS) is 17.4. The highest BCUT2D eigenvalue weighted by Gasteiger charge is 2.28. The Morgan fingerprint density at radius 3 is 1.27 bits per heavy atom. The van der Waals surface area contributed by atoms with E-state index in [1.807, 2.05) is 0 Å². The Hall–Kier alpha value is -4.96. The smallest absolute Gasteiger partial charge is 0.0947 e. The lowest BCUT2D eigenvalue weighted by Gasteiger charge is -2.29. The van der Waals surface area contributed by atoms with Crippen molar-refractivity contribution >= 4 is 34.2 Å². The molecule has 0 aromatic heterocycles. The van der Waals surface area contributed by atoms with Crippen LogP contribution in [0.5, 0.6) is 0 Å². The monoisotopic (exact) mass is 518 g/mol. The second-order valence-corrected chi connectivity index (χ2v) is 10.6. The first kappa shape index (κ1) is 24.1. The van der Waals surface area contributed by atoms with E-state index < -0.39 is 0 Å². The number of aryl methyl sites for hydroxylation is 2. The van der Waals surface area contributed by atoms with Gasteiger partial charge < -0.3 is 10.6 Å². The first-order chi connectivity index (χ1) is 19.6. The van der Waals surface area contributed by atoms with Gasteiger partial charge in [-0.1, -0.05) is 97.1 Å². The Morgan fingerprint density at radius 1 is 0.475 bits per heavy atom. The molecule has 4 nitrogen and oxygen atoms in total. The molecule has 0 saturated heterocycles. The van der Waals surface area contributed by atoms with Gasteiger partial charge in [0.1, 0.15) is 0 Å². The fraction of sp³-hybridized carbons (Fsp3) is 0.111. The Kier molecular flexibility index (Phi) is 6.01. The van der Waals surface area contributed by atoms with Gasteiger partial charge in [-0.3, -0.25) is 0 Å². The van der Waals surface area contributed by atoms with Crippen LogP contribution in [-0.4, -0.2) is 11.4 Å². The van der Waals surface area contributed by atoms with Gasteiger partial charge in [0.25, 0.3) is 0 Å². The zero-order valence-electron chi connectivity index (χ0n) is 22.6. The van der Waals surface area contributed by atoms with Crippen molar-refractivity contribution in [2.75, 3.05) is 10.6 Å². The zero-order valence-corrected chi connectivity index (χ0v) is 22.6. The summed E-state index contributed by atoms with van der Waals surface area (Å²) in [5.41, 5.74) is 13.1. The van der Waals surface area contributed by atoms with Crippen molar-refractivity contribution in [1.82, 2.24) is 0 Å². The summed E-state index contributed by atoms with van der Waals surface area (Å²) in [5, 5.41) is 7.52. The van der Waals surface area contributed by atoms with Gasteiger partial charge in [-0.25, -0.2) is 9.98 Å². The minimum atomic E-state index is -0.0396. The highest BCUT2D eigenvalue weighted by Crippen LogP contribution is 2.39. The molecule has 5 aromatic carbocycles. The van der Waals surface area contributed by atoms with E-state index in [2.05, 4.69) is 146 Å². The summed E-state index contributed by atoms with van der Waals surface area (Å²) in [4.78, 5) is 10.3. The van der Waals surface area contributed by atoms with Crippen LogP contribution in [0.3, 0.4) is 0 Å². The van der Waals surface area contributed by atoms with Gasteiger partial charge in [0.05, 0.1) is 46.3 Å². The van der Waals surface area contributed by atoms with Crippen LogP contribution in [0.1, 0.15) is 45.5 Å². The maximum absolute atomic E-state index is 5.17. The molecular weight excluding hydrogens is 488 g/mol. The molecule has 2 heterocycles. The van der Waals surface area contributed by atoms with Crippen LogP contribution in [-0.2, 0) is 0 Å². The minimum absolute atomic E-state index is 0.0396. The quantitative estimate of drug-likeness (QED) is 0.250. The maximum atomic E-state index is 5.17. The van der Waals surface area contributed by atoms with E-state index in [1.165, 1.54) is 22.3 Å². The molecule has 194 valence electrons. The number of anilines is 2. The Balaban J connectivity index is 1.30. The number of fused-ring (bicyclic) bond motifs is 2. The van der Waals surface area contributed by atoms with Gasteiger partial charge in [-0.15, -0.1) is 0 Å². The van der Waals surface area contributed by atoms with Crippen molar-refractivity contribution in [3.05, 3.63) is 155 Å². The molecule has 0 bridgehead atoms. The molecule has 5 aromatic rings. The summed E-state index contributed by atoms with van der Waals surface area (Å²) in [7, 11) is 0. The second kappa shape index (κ2) is 9.97. The molecule has 0 spiro atoms. The number of nitrogens with zero attached hydrogens (tertiary/aromatic N) is 2. The molecule has 7 rings (SSSR count). The standard InChI is InChI=1S/C36H30N4/c1-23-13-19-29-31(21-23)39-33(25-9-5-3-6-10-25)35(37-29)27-15-17-28(18-16-27)36-34(26-11-7-4-8-12-26)40-32-22-24(2)14-20-30(32)38-36/h3-22,33-34,39-40H,1-2H3. The zero-order chi connectivity index (χ0) is 27.1. The molecule has 2 atom stereocenters. The molecule has 0 amide bonds. The molecule has 0 radical (unpaired) electrons. The predicted octanol–water partition coefficient (Wildman–Crippen LogP) is 8.88. The van der Waals surface area contributed by atoms with E-state index in [9.17, 15) is 0 Å². The van der Waals surface area contributed by atoms with Crippen LogP contribution >= 0.6 is 0 Å². The van der Waals surface area contributed by atoms with Crippen molar-refractivity contribution in [1.29, 1.82) is 0 Å². The predicted molar refractivity (Wildman–Crippen MR) is 167 cm³/mol. The van der Waals surface area contributed by atoms with Crippen LogP contribution in [0.25, 0.3) is 0 Å². The van der Waals surface area contributed by atoms with Crippen LogP contribution in [0, 0.1) is 13.8 Å². The molecule has 2 N–H and O–H groups in total. The van der Waals surface area contributed by atoms with Crippen molar-refractivity contribution < 1.29 is 0 Å². The highest BCUT2D eigenvalue weighted by atomic mass is 15.0. The minimum Gasteiger partial charge on any atom is -0.371 e. The van der Waals surface area contributed by atoms with Crippen molar-refractivity contribution in [2.45, 2.75) is 25.9 Å². The maximum Gasteiger partial charge on any atom is 0.0947 e. The van der Waals surface area contributed by atoms with Crippen molar-refractivity contribution in [2.24, 2.45) is 9.98 Å². The van der Waals surface area contributed by atoms with Gasteiger partial charge >= 0.3 is 0 Å². The summed E-state index contributed by atoms with van der Waals surface area (Å²) in [6.45, 7) is 4.23. The van der Waals surface area contributed by atoms with E-state index in [0.717, 1.165) is 45.3 Å². The summed E-state index contributed by atoms with van der Waals surface area (Å²) in [6, 6.07) is 42.5. The molecule has 40 heavy (non-hydrogen) atoms. The van der Waals surface area contributed by atoms with E-state index in [4.69, 9.17) is 9.98 Å². The van der Waals surface area contributed by atoms with Gasteiger partial charge in [-0.2, -0.15) is 0 Å². The Morgan fingerprint density at radius 2 is 0.875 bits per heavy atom. The number of rotatable bonds is 4. The summed E-state index contributed by atoms with van der Waals surface area (Å²) in [5.74, 6) is 0. The summed E-state index contributed by atoms with van der Waals surface area (Å²) < 4.78 is 0. The van der Waals surface area contributed by atoms with Crippen molar-refractivity contribution in [3.63, 3.8) is 0 Å². The number of hydrogen-bond acceptors (Lipinski definition) is 4. The second-order valence-electron chi connectivity index (χ2n) is 10.6. The first-order valence-electron chi connectivity index (χ1n) is 13.7. The molecule has 2 unspecified atom stereocenters. The summed E-state index contributed by atoms with van der Waals surface area (Å²) >= 11 is 0. The Labute approximate surface area is 235 Å². The van der Waals surface area contributed by atoms with Gasteiger partial charge in [-0.05, 0) is 71.5 Å². The van der Waals surface area contributed by atoms with E-state index >= 15 is 0 Å². The average molecular weight is 519 g/mol. The average Bonchev–Trinajstić information content (AvgIpc) is 3.00. The molecule has 0 saturated carbocycles. The molecule has 2 aliphatic heterocycles. The number of hydrogen-bond donors (Lipinski definition) is 2. The molecule has 4 heteroatoms. The Bertz CT molecular complexity index is 1620. The molecule has 0 aliphatic carbocycles. The third-order valence-electron chi connectivity index (χ3n) is 7.67. The topological polar surface area (TPSA) is 48.8 Å². The number of aliphatic imine (C=N–C) groups is 2. The molecule has 2 aliphatic rings. The van der Waals surface area contributed by atoms with Crippen LogP contribution < -0.4 is 10.6 Å². The van der Waals surface area contributed by atoms with Gasteiger partial charge in [0.2, 0.25) is 0 Å². The SMILES string of the molecule is Cc1ccc2c(c1)NC(c1ccccc1)C(c1ccc(C3=Nc4ccc(C)cc4NC3c3ccccc3)cc1)=N2.